The molecule has 9 nitrogen and oxygen atoms in total. The van der Waals surface area contributed by atoms with Gasteiger partial charge in [0, 0.05) is 6.04 Å². The lowest BCUT2D eigenvalue weighted by Crippen LogP contribution is -2.39. The van der Waals surface area contributed by atoms with E-state index in [1.54, 1.807) is 4.68 Å². The summed E-state index contributed by atoms with van der Waals surface area (Å²) in [6.45, 7) is 3.74. The zero-order valence-corrected chi connectivity index (χ0v) is 16.9. The number of nitrogens with zero attached hydrogens (tertiary/aromatic N) is 4. The normalized spacial score (nSPS) is 18.2. The predicted octanol–water partition coefficient (Wildman–Crippen LogP) is 0.502. The smallest absolute Gasteiger partial charge is 0.264 e. The minimum absolute atomic E-state index is 0.0619. The van der Waals surface area contributed by atoms with Crippen LogP contribution in [0.3, 0.4) is 0 Å². The molecule has 29 heavy (non-hydrogen) atoms. The molecule has 1 N–H and O–H groups in total. The minimum atomic E-state index is -3.09. The average molecular weight is 415 g/mol. The van der Waals surface area contributed by atoms with Crippen molar-refractivity contribution in [1.82, 2.24) is 24.6 Å². The van der Waals surface area contributed by atoms with Gasteiger partial charge in [-0.2, -0.15) is 5.10 Å². The van der Waals surface area contributed by atoms with E-state index in [9.17, 15) is 18.0 Å². The largest absolute Gasteiger partial charge is 0.351 e. The molecule has 0 spiro atoms. The van der Waals surface area contributed by atoms with Gasteiger partial charge < -0.3 is 5.32 Å². The number of carbonyl (C=O) groups is 1. The summed E-state index contributed by atoms with van der Waals surface area (Å²) >= 11 is 0. The Kier molecular flexibility index (Phi) is 4.73. The van der Waals surface area contributed by atoms with Gasteiger partial charge >= 0.3 is 0 Å². The van der Waals surface area contributed by atoms with E-state index in [-0.39, 0.29) is 23.6 Å². The van der Waals surface area contributed by atoms with E-state index in [0.29, 0.717) is 17.5 Å². The van der Waals surface area contributed by atoms with Crippen LogP contribution in [0, 0.1) is 13.8 Å². The van der Waals surface area contributed by atoms with E-state index in [0.717, 1.165) is 16.8 Å². The van der Waals surface area contributed by atoms with Gasteiger partial charge in [-0.15, -0.1) is 0 Å². The first-order valence-corrected chi connectivity index (χ1v) is 11.1. The van der Waals surface area contributed by atoms with E-state index in [2.05, 4.69) is 15.4 Å². The molecule has 1 fully saturated rings. The lowest BCUT2D eigenvalue weighted by molar-refractivity contribution is -0.122. The summed E-state index contributed by atoms with van der Waals surface area (Å²) in [6, 6.07) is 5.54. The number of aromatic nitrogens is 4. The van der Waals surface area contributed by atoms with Crippen LogP contribution in [-0.2, 0) is 21.2 Å². The van der Waals surface area contributed by atoms with Gasteiger partial charge in [0.1, 0.15) is 18.3 Å². The highest BCUT2D eigenvalue weighted by molar-refractivity contribution is 7.91. The van der Waals surface area contributed by atoms with Crippen molar-refractivity contribution in [2.75, 3.05) is 11.5 Å². The molecule has 10 heteroatoms. The van der Waals surface area contributed by atoms with Crippen LogP contribution in [0.1, 0.15) is 17.5 Å². The van der Waals surface area contributed by atoms with Gasteiger partial charge in [-0.25, -0.2) is 18.1 Å². The molecule has 2 aromatic heterocycles. The van der Waals surface area contributed by atoms with E-state index in [4.69, 9.17) is 0 Å². The molecule has 0 saturated carbocycles. The maximum absolute atomic E-state index is 12.8. The molecule has 1 amide bonds. The van der Waals surface area contributed by atoms with Crippen LogP contribution >= 0.6 is 0 Å². The van der Waals surface area contributed by atoms with Gasteiger partial charge in [-0.3, -0.25) is 14.2 Å². The minimum Gasteiger partial charge on any atom is -0.351 e. The lowest BCUT2D eigenvalue weighted by Gasteiger charge is -2.12. The molecule has 3 aromatic rings. The van der Waals surface area contributed by atoms with Crippen LogP contribution in [0.4, 0.5) is 0 Å². The first kappa shape index (κ1) is 19.3. The number of hydrogen-bond donors (Lipinski definition) is 1. The molecule has 1 atom stereocenters. The highest BCUT2D eigenvalue weighted by Gasteiger charge is 2.29. The molecule has 4 rings (SSSR count). The van der Waals surface area contributed by atoms with Crippen molar-refractivity contribution in [2.45, 2.75) is 32.9 Å². The number of sulfone groups is 1. The fraction of sp³-hybridized carbons (Fsp3) is 0.368. The summed E-state index contributed by atoms with van der Waals surface area (Å²) < 4.78 is 25.8. The number of rotatable bonds is 4. The van der Waals surface area contributed by atoms with Crippen molar-refractivity contribution in [3.63, 3.8) is 0 Å². The van der Waals surface area contributed by atoms with Crippen LogP contribution in [0.5, 0.6) is 0 Å². The Morgan fingerprint density at radius 2 is 1.97 bits per heavy atom. The predicted molar refractivity (Wildman–Crippen MR) is 108 cm³/mol. The number of fused-ring (bicyclic) bond motifs is 1. The number of carbonyl (C=O) groups excluding carboxylic acids is 1. The molecular formula is C19H21N5O4S. The van der Waals surface area contributed by atoms with E-state index < -0.39 is 21.8 Å². The number of aryl methyl sites for hydroxylation is 2. The monoisotopic (exact) mass is 415 g/mol. The molecule has 0 bridgehead atoms. The second kappa shape index (κ2) is 7.11. The van der Waals surface area contributed by atoms with Gasteiger partial charge in [0.2, 0.25) is 5.91 Å². The highest BCUT2D eigenvalue weighted by Crippen LogP contribution is 2.17. The molecule has 1 aliphatic rings. The SMILES string of the molecule is Cc1cc(C)cc(-n2ncc3c(=O)n(CC(=O)NC4CCS(=O)(=O)C4)cnc32)c1. The Labute approximate surface area is 167 Å². The summed E-state index contributed by atoms with van der Waals surface area (Å²) in [5.74, 6) is -0.409. The van der Waals surface area contributed by atoms with Crippen LogP contribution in [-0.4, -0.2) is 51.2 Å². The molecule has 1 aromatic carbocycles. The second-order valence-electron chi connectivity index (χ2n) is 7.48. The third kappa shape index (κ3) is 3.93. The molecule has 0 aliphatic carbocycles. The number of amides is 1. The van der Waals surface area contributed by atoms with E-state index in [1.165, 1.54) is 17.1 Å². The maximum atomic E-state index is 12.8. The van der Waals surface area contributed by atoms with Gasteiger partial charge in [0.15, 0.2) is 15.5 Å². The standard InChI is InChI=1S/C19H21N5O4S/c1-12-5-13(2)7-15(6-12)24-18-16(8-21-24)19(26)23(11-20-18)9-17(25)22-14-3-4-29(27,28)10-14/h5-8,11,14H,3-4,9-10H2,1-2H3,(H,22,25). The third-order valence-electron chi connectivity index (χ3n) is 4.92. The summed E-state index contributed by atoms with van der Waals surface area (Å²) in [6.07, 6.45) is 3.15. The number of nitrogens with one attached hydrogen (secondary N) is 1. The van der Waals surface area contributed by atoms with E-state index >= 15 is 0 Å². The number of benzene rings is 1. The first-order chi connectivity index (χ1) is 13.7. The maximum Gasteiger partial charge on any atom is 0.264 e. The Morgan fingerprint density at radius 1 is 1.24 bits per heavy atom. The Balaban J connectivity index is 1.59. The van der Waals surface area contributed by atoms with Crippen LogP contribution in [0.15, 0.2) is 35.5 Å². The second-order valence-corrected chi connectivity index (χ2v) is 9.71. The van der Waals surface area contributed by atoms with Crippen molar-refractivity contribution in [1.29, 1.82) is 0 Å². The molecule has 1 aliphatic heterocycles. The fourth-order valence-electron chi connectivity index (χ4n) is 3.66. The van der Waals surface area contributed by atoms with Crippen molar-refractivity contribution in [3.8, 4) is 5.69 Å². The first-order valence-electron chi connectivity index (χ1n) is 9.23. The molecule has 0 radical (unpaired) electrons. The molecular weight excluding hydrogens is 394 g/mol. The van der Waals surface area contributed by atoms with Crippen LogP contribution in [0.25, 0.3) is 16.7 Å². The molecule has 1 saturated heterocycles. The highest BCUT2D eigenvalue weighted by atomic mass is 32.2. The van der Waals surface area contributed by atoms with Crippen molar-refractivity contribution in [3.05, 3.63) is 52.2 Å². The molecule has 1 unspecified atom stereocenters. The zero-order chi connectivity index (χ0) is 20.8. The van der Waals surface area contributed by atoms with Crippen molar-refractivity contribution < 1.29 is 13.2 Å². The average Bonchev–Trinajstić information content (AvgIpc) is 3.20. The summed E-state index contributed by atoms with van der Waals surface area (Å²) in [5.41, 5.74) is 2.99. The molecule has 3 heterocycles. The summed E-state index contributed by atoms with van der Waals surface area (Å²) in [4.78, 5) is 29.4. The van der Waals surface area contributed by atoms with Gasteiger partial charge in [-0.05, 0) is 43.5 Å². The zero-order valence-electron chi connectivity index (χ0n) is 16.1. The Morgan fingerprint density at radius 3 is 2.62 bits per heavy atom. The van der Waals surface area contributed by atoms with Crippen LogP contribution in [0.2, 0.25) is 0 Å². The summed E-state index contributed by atoms with van der Waals surface area (Å²) in [7, 11) is -3.09. The van der Waals surface area contributed by atoms with Crippen LogP contribution < -0.4 is 10.9 Å². The fourth-order valence-corrected chi connectivity index (χ4v) is 5.33. The van der Waals surface area contributed by atoms with Gasteiger partial charge in [0.25, 0.3) is 5.56 Å². The Hall–Kier alpha value is -3.01. The quantitative estimate of drug-likeness (QED) is 0.663. The van der Waals surface area contributed by atoms with Crippen molar-refractivity contribution >= 4 is 26.8 Å². The van der Waals surface area contributed by atoms with Gasteiger partial charge in [0.05, 0.1) is 23.4 Å². The van der Waals surface area contributed by atoms with E-state index in [1.807, 2.05) is 32.0 Å². The third-order valence-corrected chi connectivity index (χ3v) is 6.68. The summed E-state index contributed by atoms with van der Waals surface area (Å²) in [5, 5.41) is 7.29. The number of hydrogen-bond acceptors (Lipinski definition) is 6. The van der Waals surface area contributed by atoms with Crippen molar-refractivity contribution in [2.24, 2.45) is 0 Å². The Bertz CT molecular complexity index is 1260. The topological polar surface area (TPSA) is 116 Å². The van der Waals surface area contributed by atoms with Gasteiger partial charge in [-0.1, -0.05) is 6.07 Å². The lowest BCUT2D eigenvalue weighted by atomic mass is 10.1. The molecule has 152 valence electrons.